The van der Waals surface area contributed by atoms with Crippen molar-refractivity contribution in [1.82, 2.24) is 15.0 Å². The molecule has 1 N–H and O–H groups in total. The molecule has 5 nitrogen and oxygen atoms in total. The fraction of sp³-hybridized carbons (Fsp3) is 0.211. The van der Waals surface area contributed by atoms with E-state index in [2.05, 4.69) is 22.6 Å². The van der Waals surface area contributed by atoms with Crippen molar-refractivity contribution in [3.05, 3.63) is 70.0 Å². The van der Waals surface area contributed by atoms with E-state index >= 15 is 0 Å². The molecule has 128 valence electrons. The number of carbonyl (C=O) groups is 1. The van der Waals surface area contributed by atoms with Crippen molar-refractivity contribution in [1.29, 1.82) is 0 Å². The van der Waals surface area contributed by atoms with E-state index in [1.165, 1.54) is 5.56 Å². The lowest BCUT2D eigenvalue weighted by Gasteiger charge is -2.09. The maximum atomic E-state index is 12.6. The third-order valence-electron chi connectivity index (χ3n) is 4.21. The van der Waals surface area contributed by atoms with E-state index < -0.39 is 0 Å². The number of anilines is 1. The largest absolute Gasteiger partial charge is 0.320 e. The number of carbonyl (C=O) groups excluding carboxylic acids is 1. The number of rotatable bonds is 4. The SMILES string of the molecule is CCc1ccc(-n2nnc(C(=O)Nc3cccc(Cl)c3C)c2C)cc1. The molecule has 6 heteroatoms. The molecule has 0 aliphatic carbocycles. The van der Waals surface area contributed by atoms with Gasteiger partial charge >= 0.3 is 0 Å². The van der Waals surface area contributed by atoms with E-state index in [1.807, 2.05) is 44.2 Å². The predicted molar refractivity (Wildman–Crippen MR) is 99.6 cm³/mol. The van der Waals surface area contributed by atoms with Gasteiger partial charge in [-0.2, -0.15) is 0 Å². The van der Waals surface area contributed by atoms with Crippen LogP contribution in [0.2, 0.25) is 5.02 Å². The number of halogens is 1. The summed E-state index contributed by atoms with van der Waals surface area (Å²) in [6, 6.07) is 13.4. The fourth-order valence-corrected chi connectivity index (χ4v) is 2.76. The maximum Gasteiger partial charge on any atom is 0.278 e. The number of nitrogens with one attached hydrogen (secondary N) is 1. The van der Waals surface area contributed by atoms with Crippen LogP contribution in [0.15, 0.2) is 42.5 Å². The van der Waals surface area contributed by atoms with Crippen LogP contribution in [0, 0.1) is 13.8 Å². The minimum atomic E-state index is -0.306. The molecule has 0 aliphatic rings. The lowest BCUT2D eigenvalue weighted by Crippen LogP contribution is -2.15. The molecule has 0 fully saturated rings. The minimum Gasteiger partial charge on any atom is -0.320 e. The van der Waals surface area contributed by atoms with Crippen molar-refractivity contribution in [2.45, 2.75) is 27.2 Å². The van der Waals surface area contributed by atoms with Crippen LogP contribution in [0.3, 0.4) is 0 Å². The summed E-state index contributed by atoms with van der Waals surface area (Å²) in [7, 11) is 0. The van der Waals surface area contributed by atoms with Crippen molar-refractivity contribution in [2.75, 3.05) is 5.32 Å². The second-order valence-corrected chi connectivity index (χ2v) is 6.23. The molecule has 0 unspecified atom stereocenters. The molecule has 0 radical (unpaired) electrons. The van der Waals surface area contributed by atoms with Crippen LogP contribution in [0.4, 0.5) is 5.69 Å². The molecule has 2 aromatic carbocycles. The highest BCUT2D eigenvalue weighted by Gasteiger charge is 2.18. The van der Waals surface area contributed by atoms with Gasteiger partial charge in [0.1, 0.15) is 0 Å². The summed E-state index contributed by atoms with van der Waals surface area (Å²) >= 11 is 6.10. The zero-order valence-corrected chi connectivity index (χ0v) is 15.1. The van der Waals surface area contributed by atoms with Gasteiger partial charge in [0.15, 0.2) is 5.69 Å². The van der Waals surface area contributed by atoms with Crippen LogP contribution in [0.5, 0.6) is 0 Å². The van der Waals surface area contributed by atoms with Crippen molar-refractivity contribution in [2.24, 2.45) is 0 Å². The van der Waals surface area contributed by atoms with E-state index in [9.17, 15) is 4.79 Å². The topological polar surface area (TPSA) is 59.8 Å². The Morgan fingerprint density at radius 1 is 1.16 bits per heavy atom. The van der Waals surface area contributed by atoms with Gasteiger partial charge in [0.25, 0.3) is 5.91 Å². The Bertz CT molecular complexity index is 916. The van der Waals surface area contributed by atoms with Gasteiger partial charge in [0.2, 0.25) is 0 Å². The van der Waals surface area contributed by atoms with Gasteiger partial charge < -0.3 is 5.32 Å². The predicted octanol–water partition coefficient (Wildman–Crippen LogP) is 4.35. The maximum absolute atomic E-state index is 12.6. The van der Waals surface area contributed by atoms with E-state index in [1.54, 1.807) is 16.8 Å². The zero-order valence-electron chi connectivity index (χ0n) is 14.4. The van der Waals surface area contributed by atoms with E-state index in [0.29, 0.717) is 22.1 Å². The first-order valence-corrected chi connectivity index (χ1v) is 8.47. The molecule has 1 aromatic heterocycles. The average molecular weight is 355 g/mol. The second kappa shape index (κ2) is 7.07. The smallest absolute Gasteiger partial charge is 0.278 e. The monoisotopic (exact) mass is 354 g/mol. The molecule has 0 saturated heterocycles. The van der Waals surface area contributed by atoms with Crippen LogP contribution in [-0.2, 0) is 6.42 Å². The molecular weight excluding hydrogens is 336 g/mol. The van der Waals surface area contributed by atoms with Gasteiger partial charge in [-0.25, -0.2) is 4.68 Å². The van der Waals surface area contributed by atoms with E-state index in [-0.39, 0.29) is 5.91 Å². The van der Waals surface area contributed by atoms with Crippen molar-refractivity contribution >= 4 is 23.2 Å². The molecule has 0 saturated carbocycles. The molecular formula is C19H19ClN4O. The molecule has 3 aromatic rings. The number of aromatic nitrogens is 3. The van der Waals surface area contributed by atoms with Gasteiger partial charge in [0, 0.05) is 10.7 Å². The molecule has 0 spiro atoms. The Hall–Kier alpha value is -2.66. The molecule has 0 bridgehead atoms. The number of hydrogen-bond donors (Lipinski definition) is 1. The van der Waals surface area contributed by atoms with Crippen LogP contribution in [-0.4, -0.2) is 20.9 Å². The van der Waals surface area contributed by atoms with Crippen LogP contribution >= 0.6 is 11.6 Å². The molecule has 3 rings (SSSR count). The van der Waals surface area contributed by atoms with Gasteiger partial charge in [-0.15, -0.1) is 5.10 Å². The Morgan fingerprint density at radius 3 is 2.56 bits per heavy atom. The number of benzene rings is 2. The highest BCUT2D eigenvalue weighted by molar-refractivity contribution is 6.31. The summed E-state index contributed by atoms with van der Waals surface area (Å²) in [5, 5.41) is 11.6. The second-order valence-electron chi connectivity index (χ2n) is 5.82. The molecule has 1 heterocycles. The van der Waals surface area contributed by atoms with Crippen molar-refractivity contribution in [3.8, 4) is 5.69 Å². The fourth-order valence-electron chi connectivity index (χ4n) is 2.58. The molecule has 0 aliphatic heterocycles. The summed E-state index contributed by atoms with van der Waals surface area (Å²) in [6.07, 6.45) is 0.975. The van der Waals surface area contributed by atoms with Crippen molar-refractivity contribution in [3.63, 3.8) is 0 Å². The minimum absolute atomic E-state index is 0.291. The van der Waals surface area contributed by atoms with Crippen LogP contribution in [0.25, 0.3) is 5.69 Å². The standard InChI is InChI=1S/C19H19ClN4O/c1-4-14-8-10-15(11-9-14)24-13(3)18(22-23-24)19(25)21-17-7-5-6-16(20)12(17)2/h5-11H,4H2,1-3H3,(H,21,25). The third-order valence-corrected chi connectivity index (χ3v) is 4.62. The highest BCUT2D eigenvalue weighted by atomic mass is 35.5. The Balaban J connectivity index is 1.87. The summed E-state index contributed by atoms with van der Waals surface area (Å²) in [5.74, 6) is -0.306. The number of nitrogens with zero attached hydrogens (tertiary/aromatic N) is 3. The molecule has 0 atom stereocenters. The molecule has 1 amide bonds. The summed E-state index contributed by atoms with van der Waals surface area (Å²) in [6.45, 7) is 5.79. The first-order valence-electron chi connectivity index (χ1n) is 8.09. The first-order chi connectivity index (χ1) is 12.0. The normalized spacial score (nSPS) is 10.7. The Labute approximate surface area is 151 Å². The van der Waals surface area contributed by atoms with Gasteiger partial charge in [0.05, 0.1) is 11.4 Å². The lowest BCUT2D eigenvalue weighted by molar-refractivity contribution is 0.102. The third kappa shape index (κ3) is 3.42. The van der Waals surface area contributed by atoms with E-state index in [4.69, 9.17) is 11.6 Å². The van der Waals surface area contributed by atoms with Gasteiger partial charge in [-0.05, 0) is 55.7 Å². The quantitative estimate of drug-likeness (QED) is 0.757. The lowest BCUT2D eigenvalue weighted by atomic mass is 10.1. The van der Waals surface area contributed by atoms with Gasteiger partial charge in [-0.1, -0.05) is 41.9 Å². The highest BCUT2D eigenvalue weighted by Crippen LogP contribution is 2.23. The summed E-state index contributed by atoms with van der Waals surface area (Å²) in [5.41, 5.74) is 4.58. The summed E-state index contributed by atoms with van der Waals surface area (Å²) < 4.78 is 1.67. The Morgan fingerprint density at radius 2 is 1.88 bits per heavy atom. The van der Waals surface area contributed by atoms with E-state index in [0.717, 1.165) is 17.7 Å². The van der Waals surface area contributed by atoms with Crippen LogP contribution < -0.4 is 5.32 Å². The number of aryl methyl sites for hydroxylation is 1. The number of hydrogen-bond acceptors (Lipinski definition) is 3. The average Bonchev–Trinajstić information content (AvgIpc) is 3.00. The summed E-state index contributed by atoms with van der Waals surface area (Å²) in [4.78, 5) is 12.6. The van der Waals surface area contributed by atoms with Crippen molar-refractivity contribution < 1.29 is 4.79 Å². The zero-order chi connectivity index (χ0) is 18.0. The van der Waals surface area contributed by atoms with Crippen LogP contribution in [0.1, 0.15) is 34.2 Å². The molecule has 25 heavy (non-hydrogen) atoms. The Kier molecular flexibility index (Phi) is 4.86. The first kappa shape index (κ1) is 17.2. The number of amides is 1. The van der Waals surface area contributed by atoms with Gasteiger partial charge in [-0.3, -0.25) is 4.79 Å².